The van der Waals surface area contributed by atoms with E-state index >= 15 is 0 Å². The van der Waals surface area contributed by atoms with Gasteiger partial charge in [0.25, 0.3) is 5.56 Å². The lowest BCUT2D eigenvalue weighted by atomic mass is 10.3. The van der Waals surface area contributed by atoms with Crippen LogP contribution in [0, 0.1) is 0 Å². The van der Waals surface area contributed by atoms with Crippen LogP contribution in [0.5, 0.6) is 0 Å². The van der Waals surface area contributed by atoms with Crippen molar-refractivity contribution in [3.63, 3.8) is 0 Å². The van der Waals surface area contributed by atoms with Gasteiger partial charge in [-0.25, -0.2) is 4.68 Å². The Morgan fingerprint density at radius 1 is 1.50 bits per heavy atom. The highest BCUT2D eigenvalue weighted by Crippen LogP contribution is 2.14. The molecule has 0 aliphatic heterocycles. The van der Waals surface area contributed by atoms with Crippen molar-refractivity contribution in [1.82, 2.24) is 14.7 Å². The van der Waals surface area contributed by atoms with Crippen LogP contribution in [0.3, 0.4) is 0 Å². The van der Waals surface area contributed by atoms with Gasteiger partial charge in [0.1, 0.15) is 5.02 Å². The Kier molecular flexibility index (Phi) is 6.15. The fourth-order valence-corrected chi connectivity index (χ4v) is 1.79. The first kappa shape index (κ1) is 15.0. The normalized spacial score (nSPS) is 10.9. The number of nitrogens with zero attached hydrogens (tertiary/aromatic N) is 3. The zero-order chi connectivity index (χ0) is 13.5. The van der Waals surface area contributed by atoms with Crippen molar-refractivity contribution in [2.24, 2.45) is 0 Å². The van der Waals surface area contributed by atoms with Gasteiger partial charge in [0.15, 0.2) is 0 Å². The highest BCUT2D eigenvalue weighted by molar-refractivity contribution is 6.32. The van der Waals surface area contributed by atoms with Crippen LogP contribution in [0.15, 0.2) is 11.0 Å². The predicted molar refractivity (Wildman–Crippen MR) is 75.5 cm³/mol. The first-order valence-corrected chi connectivity index (χ1v) is 6.58. The summed E-state index contributed by atoms with van der Waals surface area (Å²) in [5, 5.41) is 7.46. The first-order chi connectivity index (χ1) is 8.56. The van der Waals surface area contributed by atoms with Gasteiger partial charge in [-0.3, -0.25) is 4.79 Å². The second-order valence-corrected chi connectivity index (χ2v) is 4.86. The maximum atomic E-state index is 11.8. The van der Waals surface area contributed by atoms with Gasteiger partial charge in [0.2, 0.25) is 0 Å². The van der Waals surface area contributed by atoms with Gasteiger partial charge in [-0.2, -0.15) is 5.10 Å². The van der Waals surface area contributed by atoms with Crippen molar-refractivity contribution in [2.75, 3.05) is 32.5 Å². The molecule has 5 nitrogen and oxygen atoms in total. The third-order valence-corrected chi connectivity index (χ3v) is 2.88. The van der Waals surface area contributed by atoms with Gasteiger partial charge in [0, 0.05) is 13.1 Å². The van der Waals surface area contributed by atoms with Crippen molar-refractivity contribution < 1.29 is 0 Å². The summed E-state index contributed by atoms with van der Waals surface area (Å²) in [6.07, 6.45) is 3.47. The molecule has 0 aliphatic rings. The number of anilines is 1. The third kappa shape index (κ3) is 4.31. The number of aryl methyl sites for hydroxylation is 1. The zero-order valence-electron chi connectivity index (χ0n) is 11.2. The average molecular weight is 273 g/mol. The van der Waals surface area contributed by atoms with Crippen LogP contribution >= 0.6 is 11.6 Å². The van der Waals surface area contributed by atoms with Crippen LogP contribution in [0.25, 0.3) is 0 Å². The Morgan fingerprint density at radius 3 is 2.83 bits per heavy atom. The molecule has 0 unspecified atom stereocenters. The van der Waals surface area contributed by atoms with Crippen molar-refractivity contribution in [2.45, 2.75) is 26.3 Å². The number of rotatable bonds is 7. The van der Waals surface area contributed by atoms with E-state index in [1.165, 1.54) is 4.68 Å². The van der Waals surface area contributed by atoms with Gasteiger partial charge in [-0.05, 0) is 33.5 Å². The van der Waals surface area contributed by atoms with Crippen LogP contribution in [0.1, 0.15) is 19.8 Å². The summed E-state index contributed by atoms with van der Waals surface area (Å²) in [6.45, 7) is 4.36. The fraction of sp³-hybridized carbons (Fsp3) is 0.667. The van der Waals surface area contributed by atoms with E-state index in [9.17, 15) is 4.79 Å². The quantitative estimate of drug-likeness (QED) is 0.767. The van der Waals surface area contributed by atoms with E-state index in [1.54, 1.807) is 6.20 Å². The molecule has 18 heavy (non-hydrogen) atoms. The second-order valence-electron chi connectivity index (χ2n) is 4.48. The van der Waals surface area contributed by atoms with Crippen molar-refractivity contribution >= 4 is 17.3 Å². The Balaban J connectivity index is 2.62. The summed E-state index contributed by atoms with van der Waals surface area (Å²) in [4.78, 5) is 14.0. The molecular weight excluding hydrogens is 252 g/mol. The molecule has 0 amide bonds. The minimum Gasteiger partial charge on any atom is -0.382 e. The number of nitrogens with one attached hydrogen (secondary N) is 1. The van der Waals surface area contributed by atoms with Crippen molar-refractivity contribution in [1.29, 1.82) is 0 Å². The van der Waals surface area contributed by atoms with Crippen LogP contribution < -0.4 is 10.9 Å². The summed E-state index contributed by atoms with van der Waals surface area (Å²) in [5.41, 5.74) is 0.393. The highest BCUT2D eigenvalue weighted by atomic mass is 35.5. The van der Waals surface area contributed by atoms with E-state index in [2.05, 4.69) is 15.3 Å². The molecule has 1 aromatic heterocycles. The molecule has 0 atom stereocenters. The SMILES string of the molecule is CCCn1ncc(NCCCN(C)C)c(Cl)c1=O. The molecule has 0 spiro atoms. The summed E-state index contributed by atoms with van der Waals surface area (Å²) in [6, 6.07) is 0. The number of hydrogen-bond acceptors (Lipinski definition) is 4. The van der Waals surface area contributed by atoms with E-state index in [-0.39, 0.29) is 10.6 Å². The average Bonchev–Trinajstić information content (AvgIpc) is 2.33. The van der Waals surface area contributed by atoms with E-state index in [4.69, 9.17) is 11.6 Å². The molecule has 1 N–H and O–H groups in total. The Labute approximate surface area is 113 Å². The molecule has 0 radical (unpaired) electrons. The lowest BCUT2D eigenvalue weighted by Gasteiger charge is -2.12. The lowest BCUT2D eigenvalue weighted by Crippen LogP contribution is -2.24. The molecule has 0 saturated heterocycles. The monoisotopic (exact) mass is 272 g/mol. The predicted octanol–water partition coefficient (Wildman–Crippen LogP) is 1.67. The second kappa shape index (κ2) is 7.38. The molecule has 0 aliphatic carbocycles. The first-order valence-electron chi connectivity index (χ1n) is 6.20. The number of hydrogen-bond donors (Lipinski definition) is 1. The molecule has 6 heteroatoms. The highest BCUT2D eigenvalue weighted by Gasteiger charge is 2.08. The van der Waals surface area contributed by atoms with Crippen LogP contribution in [0.4, 0.5) is 5.69 Å². The third-order valence-electron chi connectivity index (χ3n) is 2.52. The van der Waals surface area contributed by atoms with E-state index in [1.807, 2.05) is 21.0 Å². The molecule has 0 aromatic carbocycles. The smallest absolute Gasteiger partial charge is 0.287 e. The van der Waals surface area contributed by atoms with Crippen LogP contribution in [-0.2, 0) is 6.54 Å². The summed E-state index contributed by atoms with van der Waals surface area (Å²) >= 11 is 6.03. The summed E-state index contributed by atoms with van der Waals surface area (Å²) < 4.78 is 1.40. The van der Waals surface area contributed by atoms with Crippen molar-refractivity contribution in [3.8, 4) is 0 Å². The van der Waals surface area contributed by atoms with Gasteiger partial charge < -0.3 is 10.2 Å². The Morgan fingerprint density at radius 2 is 2.22 bits per heavy atom. The zero-order valence-corrected chi connectivity index (χ0v) is 12.0. The van der Waals surface area contributed by atoms with Crippen LogP contribution in [-0.4, -0.2) is 41.9 Å². The molecule has 0 saturated carbocycles. The van der Waals surface area contributed by atoms with E-state index in [0.717, 1.165) is 25.9 Å². The van der Waals surface area contributed by atoms with E-state index < -0.39 is 0 Å². The van der Waals surface area contributed by atoms with Gasteiger partial charge in [-0.15, -0.1) is 0 Å². The number of aromatic nitrogens is 2. The molecular formula is C12H21ClN4O. The Hall–Kier alpha value is -1.07. The summed E-state index contributed by atoms with van der Waals surface area (Å²) in [5.74, 6) is 0. The minimum atomic E-state index is -0.226. The lowest BCUT2D eigenvalue weighted by molar-refractivity contribution is 0.405. The van der Waals surface area contributed by atoms with E-state index in [0.29, 0.717) is 12.2 Å². The minimum absolute atomic E-state index is 0.225. The fourth-order valence-electron chi connectivity index (χ4n) is 1.58. The molecule has 1 aromatic rings. The van der Waals surface area contributed by atoms with Crippen LogP contribution in [0.2, 0.25) is 5.02 Å². The van der Waals surface area contributed by atoms with Crippen molar-refractivity contribution in [3.05, 3.63) is 21.6 Å². The molecule has 1 heterocycles. The molecule has 1 rings (SSSR count). The maximum absolute atomic E-state index is 11.8. The largest absolute Gasteiger partial charge is 0.382 e. The van der Waals surface area contributed by atoms with Gasteiger partial charge >= 0.3 is 0 Å². The molecule has 102 valence electrons. The standard InChI is InChI=1S/C12H21ClN4O/c1-4-7-17-12(18)11(13)10(9-15-17)14-6-5-8-16(2)3/h9,14H,4-8H2,1-3H3. The Bertz CT molecular complexity index is 431. The maximum Gasteiger partial charge on any atom is 0.287 e. The summed E-state index contributed by atoms with van der Waals surface area (Å²) in [7, 11) is 4.06. The topological polar surface area (TPSA) is 50.2 Å². The molecule has 0 fully saturated rings. The van der Waals surface area contributed by atoms with Gasteiger partial charge in [-0.1, -0.05) is 18.5 Å². The van der Waals surface area contributed by atoms with Gasteiger partial charge in [0.05, 0.1) is 11.9 Å². The molecule has 0 bridgehead atoms. The number of halogens is 1.